The van der Waals surface area contributed by atoms with E-state index < -0.39 is 137 Å². The zero-order valence-corrected chi connectivity index (χ0v) is 59.0. The molecule has 3 fully saturated rings. The number of hydrogen-bond acceptors (Lipinski definition) is 17. The summed E-state index contributed by atoms with van der Waals surface area (Å²) >= 11 is 3.13. The van der Waals surface area contributed by atoms with E-state index in [0.717, 1.165) is 61.1 Å². The number of nitrogens with two attached hydrogens (primary N) is 3. The molecule has 0 saturated carbocycles. The fraction of sp³-hybridized carbons (Fsp3) is 0.353. The van der Waals surface area contributed by atoms with Gasteiger partial charge < -0.3 is 67.9 Å². The van der Waals surface area contributed by atoms with Gasteiger partial charge in [0.25, 0.3) is 34.8 Å². The van der Waals surface area contributed by atoms with Crippen LogP contribution in [0.4, 0.5) is 73.5 Å². The van der Waals surface area contributed by atoms with Crippen LogP contribution in [0.3, 0.4) is 0 Å². The van der Waals surface area contributed by atoms with Crippen molar-refractivity contribution in [2.75, 3.05) is 49.9 Å². The van der Waals surface area contributed by atoms with Gasteiger partial charge >= 0.3 is 30.0 Å². The number of aromatic nitrogens is 5. The zero-order valence-electron chi connectivity index (χ0n) is 57.4. The molecule has 5 aromatic heterocycles. The number of rotatable bonds is 15. The Morgan fingerprint density at radius 2 is 1.00 bits per heavy atom. The van der Waals surface area contributed by atoms with E-state index in [1.807, 2.05) is 0 Å². The van der Waals surface area contributed by atoms with Crippen LogP contribution in [0.25, 0.3) is 0 Å². The number of piperidine rings is 3. The Hall–Kier alpha value is -11.0. The minimum Gasteiger partial charge on any atom is -0.618 e. The third-order valence-electron chi connectivity index (χ3n) is 15.9. The molecule has 26 nitrogen and oxygen atoms in total. The van der Waals surface area contributed by atoms with Crippen molar-refractivity contribution < 1.29 is 119 Å². The van der Waals surface area contributed by atoms with E-state index in [2.05, 4.69) is 41.8 Å². The van der Waals surface area contributed by atoms with Crippen molar-refractivity contribution in [2.45, 2.75) is 112 Å². The number of halogens is 14. The van der Waals surface area contributed by atoms with Gasteiger partial charge in [0, 0.05) is 107 Å². The number of nitrogens with zero attached hydrogens (tertiary/aromatic N) is 7. The Kier molecular flexibility index (Phi) is 29.0. The molecular formula is C68H69BrF13N13O13. The summed E-state index contributed by atoms with van der Waals surface area (Å²) in [6.07, 6.45) is -2.25. The predicted molar refractivity (Wildman–Crippen MR) is 359 cm³/mol. The molecule has 8 heterocycles. The normalized spacial score (nSPS) is 17.7. The lowest BCUT2D eigenvalue weighted by Crippen LogP contribution is -2.52. The second kappa shape index (κ2) is 36.5. The van der Waals surface area contributed by atoms with E-state index in [9.17, 15) is 101 Å². The number of likely N-dealkylation sites (tertiary alicyclic amines) is 2. The smallest absolute Gasteiger partial charge is 0.446 e. The first-order chi connectivity index (χ1) is 50.3. The molecule has 6 amide bonds. The monoisotopic (exact) mass is 1600 g/mol. The van der Waals surface area contributed by atoms with Gasteiger partial charge in [-0.05, 0) is 99.8 Å². The molecule has 0 aliphatic carbocycles. The molecule has 7 aromatic rings. The molecular weight excluding hydrogens is 1530 g/mol. The van der Waals surface area contributed by atoms with Gasteiger partial charge in [0.1, 0.15) is 40.4 Å². The summed E-state index contributed by atoms with van der Waals surface area (Å²) in [7, 11) is 0. The number of carbonyl (C=O) groups excluding carboxylic acids is 7. The van der Waals surface area contributed by atoms with Gasteiger partial charge in [-0.3, -0.25) is 33.7 Å². The SMILES string of the molecule is CC(C)(C)OC(=O)N1CCC(F)(F)C(c2cc[n+]([O-])c(C(N)=O)c2)C1.C[C@@H](Br)C(=O)Nc1ccc(Oc2ccc(F)cc2F)cn1.C[C@@H](C(=O)Nc1ccc(Oc2ccc(F)cc2F)cn1)N1CCC(F)(F)[C@@H](c2cc[n+]([O-])c(C(N)=O)c2)C1.NC(=O)c1cc(C2CNCCC2(F)F)cc[n+]1[O-].O=CC(F)(F)F. The van der Waals surface area contributed by atoms with Gasteiger partial charge in [-0.2, -0.15) is 27.4 Å². The second-order valence-electron chi connectivity index (χ2n) is 25.0. The average molecular weight is 1600 g/mol. The second-order valence-corrected chi connectivity index (χ2v) is 26.3. The number of amides is 6. The summed E-state index contributed by atoms with van der Waals surface area (Å²) in [5.74, 6) is -19.2. The standard InChI is InChI=1S/C25H23F4N5O4.C16H21F2N3O4.C14H11BrF2N2O2.C11H13F2N3O2.C2HF3O/c1-14(24(36)32-22-5-3-17(12-31-22)38-21-4-2-16(26)11-19(21)27)33-9-7-25(28,29)18(13-33)15-6-8-34(37)20(10-15)23(30)35;1-15(2,3)25-14(23)20-7-5-16(17,18)11(9-20)10-4-6-21(24)12(8-10)13(19)22;1-8(15)14(20)19-13-5-3-10(7-18-13)21-12-4-2-9(16)6-11(12)17;12-11(13)2-3-15-6-8(11)7-1-4-16(18)9(5-7)10(14)17;3-2(4,5)1-6/h2-6,8,10-12,14,18H,7,9,13H2,1H3,(H2,30,35)(H,31,32,36);4,6,8,11H,5,7,9H2,1-3H3,(H2,19,22);2-8H,1H3,(H,18,19,20);1,4-5,8,15H,2-3,6H2,(H2,14,17);1H/t14-,18+;;8-;;/m0.1../s1. The highest BCUT2D eigenvalue weighted by Gasteiger charge is 2.49. The van der Waals surface area contributed by atoms with Crippen molar-refractivity contribution in [3.8, 4) is 23.0 Å². The minimum atomic E-state index is -4.64. The summed E-state index contributed by atoms with van der Waals surface area (Å²) < 4.78 is 187. The molecule has 0 bridgehead atoms. The molecule has 2 aromatic carbocycles. The molecule has 3 aliphatic heterocycles. The van der Waals surface area contributed by atoms with E-state index >= 15 is 0 Å². The van der Waals surface area contributed by atoms with Crippen LogP contribution in [0.1, 0.15) is 120 Å². The third kappa shape index (κ3) is 24.8. The number of benzene rings is 2. The summed E-state index contributed by atoms with van der Waals surface area (Å²) in [6, 6.07) is 17.8. The van der Waals surface area contributed by atoms with Crippen molar-refractivity contribution in [1.29, 1.82) is 0 Å². The first kappa shape index (κ1) is 85.9. The number of carbonyl (C=O) groups is 7. The number of alkyl halides is 10. The van der Waals surface area contributed by atoms with Gasteiger partial charge in [0.15, 0.2) is 41.7 Å². The molecule has 5 atom stereocenters. The first-order valence-corrected chi connectivity index (χ1v) is 32.8. The summed E-state index contributed by atoms with van der Waals surface area (Å²) in [6.45, 7) is 7.93. The number of aldehydes is 1. The number of primary amides is 3. The molecule has 108 heavy (non-hydrogen) atoms. The molecule has 0 spiro atoms. The Balaban J connectivity index is 0.000000228. The van der Waals surface area contributed by atoms with Crippen molar-refractivity contribution in [3.63, 3.8) is 0 Å². The fourth-order valence-corrected chi connectivity index (χ4v) is 10.4. The van der Waals surface area contributed by atoms with Crippen LogP contribution in [0.15, 0.2) is 128 Å². The number of hydrogen-bond donors (Lipinski definition) is 6. The lowest BCUT2D eigenvalue weighted by molar-refractivity contribution is -0.607. The van der Waals surface area contributed by atoms with Gasteiger partial charge in [-0.15, -0.1) is 0 Å². The molecule has 3 aliphatic rings. The Morgan fingerprint density at radius 3 is 1.37 bits per heavy atom. The van der Waals surface area contributed by atoms with E-state index in [4.69, 9.17) is 36.2 Å². The zero-order chi connectivity index (χ0) is 80.6. The van der Waals surface area contributed by atoms with E-state index in [0.29, 0.717) is 11.9 Å². The van der Waals surface area contributed by atoms with Crippen molar-refractivity contribution in [3.05, 3.63) is 201 Å². The highest BCUT2D eigenvalue weighted by atomic mass is 79.9. The van der Waals surface area contributed by atoms with Crippen LogP contribution in [-0.4, -0.2) is 141 Å². The maximum atomic E-state index is 14.8. The van der Waals surface area contributed by atoms with E-state index in [1.54, 1.807) is 39.5 Å². The molecule has 9 N–H and O–H groups in total. The van der Waals surface area contributed by atoms with Crippen LogP contribution in [-0.2, 0) is 19.1 Å². The topological polar surface area (TPSA) is 374 Å². The van der Waals surface area contributed by atoms with Crippen LogP contribution in [0.2, 0.25) is 0 Å². The number of anilines is 2. The fourth-order valence-electron chi connectivity index (χ4n) is 10.3. The number of pyridine rings is 5. The van der Waals surface area contributed by atoms with Gasteiger partial charge in [0.2, 0.25) is 18.1 Å². The molecule has 40 heteroatoms. The molecule has 3 saturated heterocycles. The maximum absolute atomic E-state index is 14.8. The Labute approximate surface area is 614 Å². The van der Waals surface area contributed by atoms with Crippen LogP contribution in [0, 0.1) is 38.9 Å². The first-order valence-electron chi connectivity index (χ1n) is 31.9. The molecule has 2 unspecified atom stereocenters. The maximum Gasteiger partial charge on any atom is 0.446 e. The van der Waals surface area contributed by atoms with Crippen molar-refractivity contribution >= 4 is 69.5 Å². The van der Waals surface area contributed by atoms with E-state index in [1.165, 1.54) is 65.8 Å². The summed E-state index contributed by atoms with van der Waals surface area (Å²) in [5.41, 5.74) is 13.7. The van der Waals surface area contributed by atoms with Crippen LogP contribution >= 0.6 is 15.9 Å². The van der Waals surface area contributed by atoms with Crippen LogP contribution < -0.4 is 56.8 Å². The van der Waals surface area contributed by atoms with Crippen molar-refractivity contribution in [1.82, 2.24) is 25.1 Å². The quantitative estimate of drug-likeness (QED) is 0.0183. The molecule has 10 rings (SSSR count). The third-order valence-corrected chi connectivity index (χ3v) is 16.3. The number of ether oxygens (including phenoxy) is 3. The molecule has 0 radical (unpaired) electrons. The lowest BCUT2D eigenvalue weighted by atomic mass is 9.86. The Bertz CT molecular complexity index is 4360. The van der Waals surface area contributed by atoms with Gasteiger partial charge in [-0.1, -0.05) is 15.9 Å². The van der Waals surface area contributed by atoms with Crippen LogP contribution in [0.5, 0.6) is 23.0 Å². The summed E-state index contributed by atoms with van der Waals surface area (Å²) in [4.78, 5) is 89.4. The van der Waals surface area contributed by atoms with E-state index in [-0.39, 0.29) is 122 Å². The molecule has 582 valence electrons. The van der Waals surface area contributed by atoms with Gasteiger partial charge in [-0.25, -0.2) is 58.7 Å². The largest absolute Gasteiger partial charge is 0.618 e. The minimum absolute atomic E-state index is 0.0584. The number of nitrogens with one attached hydrogen (secondary N) is 3. The average Bonchev–Trinajstić information content (AvgIpc) is 0.787. The van der Waals surface area contributed by atoms with Gasteiger partial charge in [0.05, 0.1) is 41.0 Å². The predicted octanol–water partition coefficient (Wildman–Crippen LogP) is 9.87. The van der Waals surface area contributed by atoms with Crippen molar-refractivity contribution in [2.24, 2.45) is 17.2 Å². The highest BCUT2D eigenvalue weighted by molar-refractivity contribution is 9.10. The Morgan fingerprint density at radius 1 is 0.602 bits per heavy atom. The highest BCUT2D eigenvalue weighted by Crippen LogP contribution is 2.43. The summed E-state index contributed by atoms with van der Waals surface area (Å²) in [5, 5.41) is 42.6. The lowest BCUT2D eigenvalue weighted by Gasteiger charge is -2.40.